The molecule has 0 spiro atoms. The molecule has 7 nitrogen and oxygen atoms in total. The monoisotopic (exact) mass is 356 g/mol. The van der Waals surface area contributed by atoms with E-state index in [2.05, 4.69) is 14.8 Å². The molecule has 0 bridgehead atoms. The topological polar surface area (TPSA) is 79.9 Å². The second-order valence-corrected chi connectivity index (χ2v) is 7.44. The van der Waals surface area contributed by atoms with Crippen molar-refractivity contribution in [3.63, 3.8) is 0 Å². The predicted octanol–water partition coefficient (Wildman–Crippen LogP) is 0.941. The number of carboxylic acids is 1. The number of aromatic amines is 1. The third kappa shape index (κ3) is 3.20. The fourth-order valence-electron chi connectivity index (χ4n) is 4.17. The van der Waals surface area contributed by atoms with E-state index in [4.69, 9.17) is 0 Å². The number of hydrogen-bond acceptors (Lipinski definition) is 4. The third-order valence-electron chi connectivity index (χ3n) is 5.55. The zero-order chi connectivity index (χ0) is 18.3. The van der Waals surface area contributed by atoms with E-state index in [-0.39, 0.29) is 17.9 Å². The number of nitrogens with one attached hydrogen (secondary N) is 1. The van der Waals surface area contributed by atoms with Crippen molar-refractivity contribution in [3.05, 3.63) is 36.0 Å². The molecule has 1 amide bonds. The summed E-state index contributed by atoms with van der Waals surface area (Å²) >= 11 is 0. The quantitative estimate of drug-likeness (QED) is 0.837. The van der Waals surface area contributed by atoms with Crippen molar-refractivity contribution >= 4 is 22.8 Å². The molecule has 138 valence electrons. The number of benzene rings is 1. The molecule has 2 atom stereocenters. The first-order valence-corrected chi connectivity index (χ1v) is 9.03. The Morgan fingerprint density at radius 1 is 1.12 bits per heavy atom. The number of fused-ring (bicyclic) bond motifs is 2. The number of hydrogen-bond donors (Lipinski definition) is 2. The molecular formula is C19H24N4O3. The average Bonchev–Trinajstić information content (AvgIpc) is 3.02. The molecule has 0 aliphatic carbocycles. The van der Waals surface area contributed by atoms with E-state index in [1.54, 1.807) is 0 Å². The van der Waals surface area contributed by atoms with Crippen molar-refractivity contribution in [2.75, 3.05) is 46.3 Å². The molecule has 7 heteroatoms. The number of likely N-dealkylation sites (N-methyl/N-ethyl adjacent to an activating group) is 1. The smallest absolute Gasteiger partial charge is 0.309 e. The van der Waals surface area contributed by atoms with Gasteiger partial charge in [-0.15, -0.1) is 0 Å². The normalized spacial score (nSPS) is 25.0. The lowest BCUT2D eigenvalue weighted by atomic mass is 10.1. The van der Waals surface area contributed by atoms with Crippen LogP contribution < -0.4 is 0 Å². The van der Waals surface area contributed by atoms with E-state index in [0.717, 1.165) is 24.0 Å². The summed E-state index contributed by atoms with van der Waals surface area (Å²) in [7, 11) is 1.96. The Balaban J connectivity index is 1.50. The van der Waals surface area contributed by atoms with Gasteiger partial charge < -0.3 is 19.9 Å². The van der Waals surface area contributed by atoms with Crippen LogP contribution in [0.15, 0.2) is 30.5 Å². The van der Waals surface area contributed by atoms with Gasteiger partial charge in [0.25, 0.3) is 5.91 Å². The van der Waals surface area contributed by atoms with E-state index in [0.29, 0.717) is 31.7 Å². The van der Waals surface area contributed by atoms with Gasteiger partial charge in [0.15, 0.2) is 0 Å². The van der Waals surface area contributed by atoms with Crippen molar-refractivity contribution < 1.29 is 14.7 Å². The van der Waals surface area contributed by atoms with Crippen molar-refractivity contribution in [2.45, 2.75) is 6.04 Å². The molecule has 0 saturated carbocycles. The highest BCUT2D eigenvalue weighted by atomic mass is 16.4. The van der Waals surface area contributed by atoms with Gasteiger partial charge in [0.1, 0.15) is 0 Å². The predicted molar refractivity (Wildman–Crippen MR) is 98.2 cm³/mol. The van der Waals surface area contributed by atoms with Crippen molar-refractivity contribution in [3.8, 4) is 0 Å². The number of aromatic nitrogens is 1. The zero-order valence-corrected chi connectivity index (χ0v) is 14.9. The summed E-state index contributed by atoms with van der Waals surface area (Å²) in [6.45, 7) is 3.89. The summed E-state index contributed by atoms with van der Waals surface area (Å²) in [4.78, 5) is 33.8. The van der Waals surface area contributed by atoms with E-state index in [1.807, 2.05) is 42.4 Å². The minimum atomic E-state index is -0.740. The van der Waals surface area contributed by atoms with Gasteiger partial charge in [-0.2, -0.15) is 0 Å². The van der Waals surface area contributed by atoms with Gasteiger partial charge in [-0.25, -0.2) is 0 Å². The standard InChI is InChI=1S/C19H24N4O3/c1-21-9-15(19(25)26)10-22-6-7-23(12-16(22)11-21)18(24)14-2-3-17-13(8-14)4-5-20-17/h2-5,8,15-16,20H,6-7,9-12H2,1H3,(H,25,26)/t15-,16-/m1/s1. The van der Waals surface area contributed by atoms with Gasteiger partial charge in [0, 0.05) is 68.0 Å². The number of carbonyl (C=O) groups is 2. The lowest BCUT2D eigenvalue weighted by Crippen LogP contribution is -2.57. The van der Waals surface area contributed by atoms with E-state index in [9.17, 15) is 14.7 Å². The molecule has 2 N–H and O–H groups in total. The maximum atomic E-state index is 13.0. The van der Waals surface area contributed by atoms with Crippen LogP contribution in [0.3, 0.4) is 0 Å². The van der Waals surface area contributed by atoms with Crippen LogP contribution in [0.25, 0.3) is 10.9 Å². The van der Waals surface area contributed by atoms with E-state index >= 15 is 0 Å². The molecule has 3 heterocycles. The second kappa shape index (κ2) is 6.74. The highest BCUT2D eigenvalue weighted by Crippen LogP contribution is 2.21. The summed E-state index contributed by atoms with van der Waals surface area (Å²) in [5.41, 5.74) is 1.73. The van der Waals surface area contributed by atoms with Crippen LogP contribution in [0.1, 0.15) is 10.4 Å². The Morgan fingerprint density at radius 2 is 1.96 bits per heavy atom. The number of H-pyrrole nitrogens is 1. The Kier molecular flexibility index (Phi) is 4.42. The number of carboxylic acid groups (broad SMARTS) is 1. The van der Waals surface area contributed by atoms with Crippen molar-refractivity contribution in [1.82, 2.24) is 19.7 Å². The number of aliphatic carboxylic acids is 1. The number of rotatable bonds is 2. The number of nitrogens with zero attached hydrogens (tertiary/aromatic N) is 3. The first-order valence-electron chi connectivity index (χ1n) is 9.03. The van der Waals surface area contributed by atoms with Crippen LogP contribution in [-0.2, 0) is 4.79 Å². The Bertz CT molecular complexity index is 833. The molecule has 2 aromatic rings. The number of amides is 1. The summed E-state index contributed by atoms with van der Waals surface area (Å²) < 4.78 is 0. The van der Waals surface area contributed by atoms with Crippen LogP contribution in [0.5, 0.6) is 0 Å². The molecule has 2 saturated heterocycles. The lowest BCUT2D eigenvalue weighted by molar-refractivity contribution is -0.142. The zero-order valence-electron chi connectivity index (χ0n) is 14.9. The number of carbonyl (C=O) groups excluding carboxylic acids is 1. The highest BCUT2D eigenvalue weighted by molar-refractivity contribution is 5.98. The molecular weight excluding hydrogens is 332 g/mol. The minimum Gasteiger partial charge on any atom is -0.481 e. The van der Waals surface area contributed by atoms with Gasteiger partial charge >= 0.3 is 5.97 Å². The maximum Gasteiger partial charge on any atom is 0.309 e. The molecule has 0 radical (unpaired) electrons. The van der Waals surface area contributed by atoms with Crippen LogP contribution in [0.2, 0.25) is 0 Å². The van der Waals surface area contributed by atoms with Crippen molar-refractivity contribution in [1.29, 1.82) is 0 Å². The Morgan fingerprint density at radius 3 is 2.77 bits per heavy atom. The average molecular weight is 356 g/mol. The SMILES string of the molecule is CN1C[C@@H](C(=O)O)CN2CCN(C(=O)c3ccc4[nH]ccc4c3)C[C@H]2C1. The Hall–Kier alpha value is -2.38. The summed E-state index contributed by atoms with van der Waals surface area (Å²) in [6, 6.07) is 7.89. The molecule has 2 aliphatic rings. The first-order chi connectivity index (χ1) is 12.5. The minimum absolute atomic E-state index is 0.0504. The molecule has 0 unspecified atom stereocenters. The largest absolute Gasteiger partial charge is 0.481 e. The van der Waals surface area contributed by atoms with Crippen LogP contribution >= 0.6 is 0 Å². The van der Waals surface area contributed by atoms with Crippen LogP contribution in [-0.4, -0.2) is 89.0 Å². The van der Waals surface area contributed by atoms with Gasteiger partial charge in [-0.3, -0.25) is 14.5 Å². The fraction of sp³-hybridized carbons (Fsp3) is 0.474. The van der Waals surface area contributed by atoms with Crippen molar-refractivity contribution in [2.24, 2.45) is 5.92 Å². The molecule has 26 heavy (non-hydrogen) atoms. The van der Waals surface area contributed by atoms with Crippen LogP contribution in [0.4, 0.5) is 0 Å². The van der Waals surface area contributed by atoms with Gasteiger partial charge in [0.2, 0.25) is 0 Å². The first kappa shape index (κ1) is 17.1. The van der Waals surface area contributed by atoms with Gasteiger partial charge in [-0.05, 0) is 31.3 Å². The van der Waals surface area contributed by atoms with E-state index < -0.39 is 5.97 Å². The maximum absolute atomic E-state index is 13.0. The molecule has 2 fully saturated rings. The van der Waals surface area contributed by atoms with Gasteiger partial charge in [0.05, 0.1) is 5.92 Å². The molecule has 1 aromatic carbocycles. The summed E-state index contributed by atoms with van der Waals surface area (Å²) in [6.07, 6.45) is 1.87. The lowest BCUT2D eigenvalue weighted by Gasteiger charge is -2.41. The highest BCUT2D eigenvalue weighted by Gasteiger charge is 2.36. The molecule has 4 rings (SSSR count). The second-order valence-electron chi connectivity index (χ2n) is 7.44. The van der Waals surface area contributed by atoms with Gasteiger partial charge in [-0.1, -0.05) is 0 Å². The summed E-state index contributed by atoms with van der Waals surface area (Å²) in [5, 5.41) is 10.4. The number of piperazine rings is 1. The molecule has 1 aromatic heterocycles. The Labute approximate surface area is 152 Å². The molecule has 2 aliphatic heterocycles. The third-order valence-corrected chi connectivity index (χ3v) is 5.55. The van der Waals surface area contributed by atoms with Crippen LogP contribution in [0, 0.1) is 5.92 Å². The fourth-order valence-corrected chi connectivity index (χ4v) is 4.17. The van der Waals surface area contributed by atoms with E-state index in [1.165, 1.54) is 0 Å². The summed E-state index contributed by atoms with van der Waals surface area (Å²) in [5.74, 6) is -1.06.